The first-order valence-corrected chi connectivity index (χ1v) is 6.17. The molecular weight excluding hydrogens is 333 g/mol. The highest BCUT2D eigenvalue weighted by atomic mass is 79.9. The average molecular weight is 340 g/mol. The molecule has 2 aromatic carbocycles. The van der Waals surface area contributed by atoms with Gasteiger partial charge >= 0.3 is 5.69 Å². The fourth-order valence-electron chi connectivity index (χ4n) is 1.50. The van der Waals surface area contributed by atoms with Gasteiger partial charge in [-0.3, -0.25) is 14.9 Å². The van der Waals surface area contributed by atoms with Crippen molar-refractivity contribution in [3.8, 4) is 11.5 Å². The summed E-state index contributed by atoms with van der Waals surface area (Å²) in [5, 5.41) is 10.5. The van der Waals surface area contributed by atoms with Crippen molar-refractivity contribution in [2.24, 2.45) is 0 Å². The topological polar surface area (TPSA) is 69.4 Å². The summed E-state index contributed by atoms with van der Waals surface area (Å²) in [4.78, 5) is 20.3. The Morgan fingerprint density at radius 2 is 1.85 bits per heavy atom. The number of nitrogens with zero attached hydrogens (tertiary/aromatic N) is 1. The standard InChI is InChI=1S/C13H7BrFNO4/c14-11-5-9(2-1-8(11)7-17)20-10-3-4-13(16(18)19)12(15)6-10/h1-7H. The van der Waals surface area contributed by atoms with Gasteiger partial charge in [-0.15, -0.1) is 0 Å². The lowest BCUT2D eigenvalue weighted by Crippen LogP contribution is -1.93. The zero-order chi connectivity index (χ0) is 14.7. The largest absolute Gasteiger partial charge is 0.457 e. The monoisotopic (exact) mass is 339 g/mol. The maximum atomic E-state index is 13.4. The van der Waals surface area contributed by atoms with Crippen molar-refractivity contribution < 1.29 is 18.8 Å². The third-order valence-electron chi connectivity index (χ3n) is 2.45. The first kappa shape index (κ1) is 14.1. The van der Waals surface area contributed by atoms with Gasteiger partial charge < -0.3 is 4.74 Å². The molecule has 0 aromatic heterocycles. The summed E-state index contributed by atoms with van der Waals surface area (Å²) in [5.74, 6) is -0.481. The van der Waals surface area contributed by atoms with Crippen molar-refractivity contribution >= 4 is 27.9 Å². The van der Waals surface area contributed by atoms with E-state index in [9.17, 15) is 19.3 Å². The molecule has 0 bridgehead atoms. The third kappa shape index (κ3) is 3.00. The van der Waals surface area contributed by atoms with Crippen LogP contribution in [0.4, 0.5) is 10.1 Å². The molecule has 2 rings (SSSR count). The SMILES string of the molecule is O=Cc1ccc(Oc2ccc([N+](=O)[O-])c(F)c2)cc1Br. The van der Waals surface area contributed by atoms with Gasteiger partial charge in [0, 0.05) is 22.2 Å². The third-order valence-corrected chi connectivity index (χ3v) is 3.14. The maximum Gasteiger partial charge on any atom is 0.305 e. The van der Waals surface area contributed by atoms with Crippen LogP contribution in [0.3, 0.4) is 0 Å². The number of benzene rings is 2. The van der Waals surface area contributed by atoms with E-state index < -0.39 is 16.4 Å². The first-order valence-electron chi connectivity index (χ1n) is 5.38. The van der Waals surface area contributed by atoms with Crippen LogP contribution in [0.5, 0.6) is 11.5 Å². The van der Waals surface area contributed by atoms with Crippen LogP contribution in [0.2, 0.25) is 0 Å². The van der Waals surface area contributed by atoms with Gasteiger partial charge in [0.15, 0.2) is 6.29 Å². The Labute approximate surface area is 121 Å². The molecular formula is C13H7BrFNO4. The van der Waals surface area contributed by atoms with E-state index >= 15 is 0 Å². The lowest BCUT2D eigenvalue weighted by Gasteiger charge is -2.07. The number of hydrogen-bond acceptors (Lipinski definition) is 4. The molecule has 0 saturated heterocycles. The fraction of sp³-hybridized carbons (Fsp3) is 0. The zero-order valence-electron chi connectivity index (χ0n) is 9.88. The second-order valence-corrected chi connectivity index (χ2v) is 4.63. The molecule has 0 radical (unpaired) electrons. The molecule has 0 unspecified atom stereocenters. The minimum absolute atomic E-state index is 0.124. The Hall–Kier alpha value is -2.28. The summed E-state index contributed by atoms with van der Waals surface area (Å²) >= 11 is 3.19. The van der Waals surface area contributed by atoms with Gasteiger partial charge in [-0.25, -0.2) is 0 Å². The maximum absolute atomic E-state index is 13.4. The van der Waals surface area contributed by atoms with Gasteiger partial charge in [-0.05, 0) is 40.2 Å². The predicted molar refractivity (Wildman–Crippen MR) is 72.7 cm³/mol. The molecule has 5 nitrogen and oxygen atoms in total. The second kappa shape index (κ2) is 5.79. The van der Waals surface area contributed by atoms with E-state index in [1.807, 2.05) is 0 Å². The van der Waals surface area contributed by atoms with Gasteiger partial charge in [0.05, 0.1) is 4.92 Å². The van der Waals surface area contributed by atoms with Gasteiger partial charge in [-0.2, -0.15) is 4.39 Å². The molecule has 0 N–H and O–H groups in total. The molecule has 0 atom stereocenters. The Morgan fingerprint density at radius 1 is 1.20 bits per heavy atom. The van der Waals surface area contributed by atoms with E-state index in [4.69, 9.17) is 4.74 Å². The molecule has 20 heavy (non-hydrogen) atoms. The Morgan fingerprint density at radius 3 is 2.40 bits per heavy atom. The summed E-state index contributed by atoms with van der Waals surface area (Å²) < 4.78 is 19.3. The number of nitro groups is 1. The lowest BCUT2D eigenvalue weighted by molar-refractivity contribution is -0.387. The quantitative estimate of drug-likeness (QED) is 0.477. The zero-order valence-corrected chi connectivity index (χ0v) is 11.5. The fourth-order valence-corrected chi connectivity index (χ4v) is 1.95. The molecule has 0 heterocycles. The minimum Gasteiger partial charge on any atom is -0.457 e. The van der Waals surface area contributed by atoms with Crippen LogP contribution in [-0.4, -0.2) is 11.2 Å². The van der Waals surface area contributed by atoms with E-state index in [0.717, 1.165) is 12.1 Å². The number of rotatable bonds is 4. The molecule has 0 aliphatic heterocycles. The summed E-state index contributed by atoms with van der Waals surface area (Å²) in [6, 6.07) is 7.87. The van der Waals surface area contributed by atoms with E-state index in [1.165, 1.54) is 18.2 Å². The Bertz CT molecular complexity index is 690. The molecule has 0 aliphatic carbocycles. The van der Waals surface area contributed by atoms with Crippen LogP contribution in [0.1, 0.15) is 10.4 Å². The number of carbonyl (C=O) groups is 1. The average Bonchev–Trinajstić information content (AvgIpc) is 2.38. The summed E-state index contributed by atoms with van der Waals surface area (Å²) in [7, 11) is 0. The smallest absolute Gasteiger partial charge is 0.305 e. The number of carbonyl (C=O) groups excluding carboxylic acids is 1. The van der Waals surface area contributed by atoms with E-state index in [2.05, 4.69) is 15.9 Å². The van der Waals surface area contributed by atoms with E-state index in [1.54, 1.807) is 6.07 Å². The van der Waals surface area contributed by atoms with Crippen molar-refractivity contribution in [2.45, 2.75) is 0 Å². The number of ether oxygens (including phenoxy) is 1. The number of aldehydes is 1. The van der Waals surface area contributed by atoms with Gasteiger partial charge in [0.2, 0.25) is 5.82 Å². The van der Waals surface area contributed by atoms with Crippen LogP contribution in [-0.2, 0) is 0 Å². The number of hydrogen-bond donors (Lipinski definition) is 0. The highest BCUT2D eigenvalue weighted by molar-refractivity contribution is 9.10. The van der Waals surface area contributed by atoms with E-state index in [0.29, 0.717) is 22.1 Å². The van der Waals surface area contributed by atoms with Crippen LogP contribution in [0, 0.1) is 15.9 Å². The van der Waals surface area contributed by atoms with Gasteiger partial charge in [0.25, 0.3) is 0 Å². The normalized spacial score (nSPS) is 10.1. The highest BCUT2D eigenvalue weighted by Gasteiger charge is 2.14. The van der Waals surface area contributed by atoms with Crippen LogP contribution >= 0.6 is 15.9 Å². The molecule has 0 saturated carbocycles. The molecule has 102 valence electrons. The summed E-state index contributed by atoms with van der Waals surface area (Å²) in [6.45, 7) is 0. The molecule has 0 aliphatic rings. The Balaban J connectivity index is 2.26. The summed E-state index contributed by atoms with van der Waals surface area (Å²) in [5.41, 5.74) is -0.165. The molecule has 2 aromatic rings. The number of halogens is 2. The van der Waals surface area contributed by atoms with Crippen LogP contribution in [0.25, 0.3) is 0 Å². The molecule has 7 heteroatoms. The lowest BCUT2D eigenvalue weighted by atomic mass is 10.2. The van der Waals surface area contributed by atoms with Crippen molar-refractivity contribution in [3.05, 3.63) is 62.4 Å². The Kier molecular flexibility index (Phi) is 4.09. The molecule has 0 fully saturated rings. The highest BCUT2D eigenvalue weighted by Crippen LogP contribution is 2.29. The van der Waals surface area contributed by atoms with Crippen LogP contribution < -0.4 is 4.74 Å². The molecule has 0 amide bonds. The summed E-state index contributed by atoms with van der Waals surface area (Å²) in [6.07, 6.45) is 0.680. The van der Waals surface area contributed by atoms with Crippen molar-refractivity contribution in [1.29, 1.82) is 0 Å². The number of nitro benzene ring substituents is 1. The minimum atomic E-state index is -0.976. The van der Waals surface area contributed by atoms with Crippen molar-refractivity contribution in [3.63, 3.8) is 0 Å². The predicted octanol–water partition coefficient (Wildman–Crippen LogP) is 4.10. The van der Waals surface area contributed by atoms with Gasteiger partial charge in [0.1, 0.15) is 11.5 Å². The molecule has 0 spiro atoms. The first-order chi connectivity index (χ1) is 9.51. The van der Waals surface area contributed by atoms with Gasteiger partial charge in [-0.1, -0.05) is 0 Å². The van der Waals surface area contributed by atoms with Crippen LogP contribution in [0.15, 0.2) is 40.9 Å². The van der Waals surface area contributed by atoms with Crippen molar-refractivity contribution in [1.82, 2.24) is 0 Å². The van der Waals surface area contributed by atoms with Crippen molar-refractivity contribution in [2.75, 3.05) is 0 Å². The second-order valence-electron chi connectivity index (χ2n) is 3.77. The van der Waals surface area contributed by atoms with E-state index in [-0.39, 0.29) is 5.75 Å².